The van der Waals surface area contributed by atoms with Crippen molar-refractivity contribution in [1.82, 2.24) is 20.9 Å². The molecule has 0 radical (unpaired) electrons. The summed E-state index contributed by atoms with van der Waals surface area (Å²) in [6, 6.07) is 9.83. The molecule has 6 nitrogen and oxygen atoms in total. The zero-order valence-corrected chi connectivity index (χ0v) is 18.3. The minimum atomic E-state index is -0.100. The van der Waals surface area contributed by atoms with Crippen molar-refractivity contribution in [3.05, 3.63) is 52.0 Å². The fraction of sp³-hybridized carbons (Fsp3) is 0.389. The Labute approximate surface area is 175 Å². The highest BCUT2D eigenvalue weighted by Crippen LogP contribution is 2.10. The van der Waals surface area contributed by atoms with Gasteiger partial charge in [-0.1, -0.05) is 30.3 Å². The first kappa shape index (κ1) is 22.4. The zero-order chi connectivity index (χ0) is 17.9. The van der Waals surface area contributed by atoms with E-state index in [0.717, 1.165) is 30.1 Å². The Bertz CT molecular complexity index is 690. The van der Waals surface area contributed by atoms with Crippen LogP contribution in [0.15, 0.2) is 41.5 Å². The average Bonchev–Trinajstić information content (AvgIpc) is 3.04. The number of nitrogens with zero attached hydrogens (tertiary/aromatic N) is 2. The van der Waals surface area contributed by atoms with Crippen molar-refractivity contribution in [2.24, 2.45) is 4.99 Å². The summed E-state index contributed by atoms with van der Waals surface area (Å²) < 4.78 is 0. The van der Waals surface area contributed by atoms with Crippen LogP contribution in [0.3, 0.4) is 0 Å². The molecule has 1 heterocycles. The third-order valence-corrected chi connectivity index (χ3v) is 4.33. The van der Waals surface area contributed by atoms with Gasteiger partial charge in [-0.2, -0.15) is 0 Å². The highest BCUT2D eigenvalue weighted by Gasteiger charge is 2.03. The molecule has 0 saturated heterocycles. The van der Waals surface area contributed by atoms with Gasteiger partial charge in [0.05, 0.1) is 5.01 Å². The Morgan fingerprint density at radius 1 is 1.19 bits per heavy atom. The molecule has 3 N–H and O–H groups in total. The molecule has 142 valence electrons. The maximum absolute atomic E-state index is 11.9. The predicted octanol–water partition coefficient (Wildman–Crippen LogP) is 2.48. The lowest BCUT2D eigenvalue weighted by Gasteiger charge is -2.10. The Balaban J connectivity index is 0.00000338. The maximum Gasteiger partial charge on any atom is 0.242 e. The largest absolute Gasteiger partial charge is 0.357 e. The molecule has 26 heavy (non-hydrogen) atoms. The van der Waals surface area contributed by atoms with Crippen LogP contribution in [0.2, 0.25) is 0 Å². The molecule has 0 fully saturated rings. The summed E-state index contributed by atoms with van der Waals surface area (Å²) in [6.07, 6.45) is 2.72. The van der Waals surface area contributed by atoms with Crippen LogP contribution in [0.1, 0.15) is 22.4 Å². The number of amides is 1. The lowest BCUT2D eigenvalue weighted by atomic mass is 10.2. The van der Waals surface area contributed by atoms with E-state index in [2.05, 4.69) is 25.9 Å². The molecule has 0 aliphatic heterocycles. The SMILES string of the molecule is CCNC(=NCC(=O)NCc1ccccc1)NCCc1ncc(C)s1.I. The number of carbonyl (C=O) groups excluding carboxylic acids is 1. The quantitative estimate of drug-likeness (QED) is 0.304. The van der Waals surface area contributed by atoms with Crippen LogP contribution in [-0.4, -0.2) is 36.5 Å². The Hall–Kier alpha value is -1.68. The van der Waals surface area contributed by atoms with Crippen molar-refractivity contribution in [2.75, 3.05) is 19.6 Å². The average molecular weight is 487 g/mol. The van der Waals surface area contributed by atoms with Crippen molar-refractivity contribution in [3.63, 3.8) is 0 Å². The topological polar surface area (TPSA) is 78.4 Å². The molecule has 1 aromatic carbocycles. The predicted molar refractivity (Wildman–Crippen MR) is 118 cm³/mol. The van der Waals surface area contributed by atoms with Gasteiger partial charge >= 0.3 is 0 Å². The van der Waals surface area contributed by atoms with Gasteiger partial charge in [-0.3, -0.25) is 4.79 Å². The summed E-state index contributed by atoms with van der Waals surface area (Å²) >= 11 is 1.70. The van der Waals surface area contributed by atoms with E-state index >= 15 is 0 Å². The van der Waals surface area contributed by atoms with Gasteiger partial charge in [-0.25, -0.2) is 9.98 Å². The molecule has 0 unspecified atom stereocenters. The van der Waals surface area contributed by atoms with E-state index in [0.29, 0.717) is 12.5 Å². The van der Waals surface area contributed by atoms with Crippen LogP contribution >= 0.6 is 35.3 Å². The Morgan fingerprint density at radius 3 is 2.62 bits per heavy atom. The van der Waals surface area contributed by atoms with Crippen molar-refractivity contribution in [3.8, 4) is 0 Å². The second kappa shape index (κ2) is 12.6. The molecule has 0 aliphatic rings. The third-order valence-electron chi connectivity index (χ3n) is 3.36. The van der Waals surface area contributed by atoms with Gasteiger partial charge in [0.15, 0.2) is 5.96 Å². The van der Waals surface area contributed by atoms with Gasteiger partial charge in [0.1, 0.15) is 6.54 Å². The van der Waals surface area contributed by atoms with Crippen LogP contribution in [0.4, 0.5) is 0 Å². The van der Waals surface area contributed by atoms with E-state index in [-0.39, 0.29) is 36.4 Å². The summed E-state index contributed by atoms with van der Waals surface area (Å²) in [5, 5.41) is 10.3. The number of guanidine groups is 1. The summed E-state index contributed by atoms with van der Waals surface area (Å²) in [5.74, 6) is 0.544. The zero-order valence-electron chi connectivity index (χ0n) is 15.1. The first-order valence-corrected chi connectivity index (χ1v) is 9.23. The van der Waals surface area contributed by atoms with Gasteiger partial charge in [-0.15, -0.1) is 35.3 Å². The molecule has 2 rings (SSSR count). The van der Waals surface area contributed by atoms with E-state index in [1.165, 1.54) is 4.88 Å². The molecule has 8 heteroatoms. The molecule has 0 atom stereocenters. The summed E-state index contributed by atoms with van der Waals surface area (Å²) in [4.78, 5) is 21.8. The van der Waals surface area contributed by atoms with Gasteiger partial charge < -0.3 is 16.0 Å². The monoisotopic (exact) mass is 487 g/mol. The van der Waals surface area contributed by atoms with Crippen LogP contribution in [-0.2, 0) is 17.8 Å². The summed E-state index contributed by atoms with van der Waals surface area (Å²) in [6.45, 7) is 6.13. The number of carbonyl (C=O) groups is 1. The molecular weight excluding hydrogens is 461 g/mol. The van der Waals surface area contributed by atoms with Crippen molar-refractivity contribution >= 4 is 47.2 Å². The number of thiazole rings is 1. The van der Waals surface area contributed by atoms with Gasteiger partial charge in [-0.05, 0) is 19.4 Å². The van der Waals surface area contributed by atoms with Crippen LogP contribution in [0.5, 0.6) is 0 Å². The number of nitrogens with one attached hydrogen (secondary N) is 3. The molecule has 1 aromatic heterocycles. The fourth-order valence-corrected chi connectivity index (χ4v) is 2.94. The molecular formula is C18H26IN5OS. The first-order chi connectivity index (χ1) is 12.2. The van der Waals surface area contributed by atoms with E-state index in [4.69, 9.17) is 0 Å². The minimum absolute atomic E-state index is 0. The molecule has 0 spiro atoms. The number of aliphatic imine (C=N–C) groups is 1. The van der Waals surface area contributed by atoms with Crippen LogP contribution < -0.4 is 16.0 Å². The second-order valence-corrected chi connectivity index (χ2v) is 6.82. The smallest absolute Gasteiger partial charge is 0.242 e. The number of hydrogen-bond donors (Lipinski definition) is 3. The third kappa shape index (κ3) is 8.61. The van der Waals surface area contributed by atoms with E-state index in [1.54, 1.807) is 11.3 Å². The number of aryl methyl sites for hydroxylation is 1. The number of benzene rings is 1. The van der Waals surface area contributed by atoms with Crippen molar-refractivity contribution in [1.29, 1.82) is 0 Å². The molecule has 0 bridgehead atoms. The molecule has 2 aromatic rings. The second-order valence-electron chi connectivity index (χ2n) is 5.50. The maximum atomic E-state index is 11.9. The Kier molecular flexibility index (Phi) is 10.9. The fourth-order valence-electron chi connectivity index (χ4n) is 2.15. The highest BCUT2D eigenvalue weighted by atomic mass is 127. The number of rotatable bonds is 8. The number of aromatic nitrogens is 1. The van der Waals surface area contributed by atoms with E-state index in [1.807, 2.05) is 50.4 Å². The Morgan fingerprint density at radius 2 is 1.96 bits per heavy atom. The lowest BCUT2D eigenvalue weighted by Crippen LogP contribution is -2.39. The molecule has 0 aliphatic carbocycles. The van der Waals surface area contributed by atoms with Crippen LogP contribution in [0.25, 0.3) is 0 Å². The minimum Gasteiger partial charge on any atom is -0.357 e. The normalized spacial score (nSPS) is 10.8. The van der Waals surface area contributed by atoms with E-state index in [9.17, 15) is 4.79 Å². The van der Waals surface area contributed by atoms with Gasteiger partial charge in [0.2, 0.25) is 5.91 Å². The number of halogens is 1. The first-order valence-electron chi connectivity index (χ1n) is 8.41. The highest BCUT2D eigenvalue weighted by molar-refractivity contribution is 14.0. The summed E-state index contributed by atoms with van der Waals surface area (Å²) in [7, 11) is 0. The molecule has 1 amide bonds. The standard InChI is InChI=1S/C18H25N5OS.HI/c1-3-19-18(20-10-9-17-22-11-14(2)25-17)23-13-16(24)21-12-15-7-5-4-6-8-15;/h4-8,11H,3,9-10,12-13H2,1-2H3,(H,21,24)(H2,19,20,23);1H. The van der Waals surface area contributed by atoms with Gasteiger partial charge in [0, 0.05) is 37.1 Å². The van der Waals surface area contributed by atoms with Crippen molar-refractivity contribution < 1.29 is 4.79 Å². The van der Waals surface area contributed by atoms with Gasteiger partial charge in [0.25, 0.3) is 0 Å². The van der Waals surface area contributed by atoms with E-state index < -0.39 is 0 Å². The molecule has 0 saturated carbocycles. The lowest BCUT2D eigenvalue weighted by molar-refractivity contribution is -0.119. The number of hydrogen-bond acceptors (Lipinski definition) is 4. The van der Waals surface area contributed by atoms with Crippen LogP contribution in [0, 0.1) is 6.92 Å². The van der Waals surface area contributed by atoms with Crippen molar-refractivity contribution in [2.45, 2.75) is 26.8 Å². The summed E-state index contributed by atoms with van der Waals surface area (Å²) in [5.41, 5.74) is 1.07.